The standard InChI is InChI=1S/C12H21N3S/c1-9-11(8-14-15(9)3)7-13-12-5-4-6-16-10(12)2/h8,10,12-13H,4-7H2,1-3H3. The Morgan fingerprint density at radius 3 is 3.06 bits per heavy atom. The lowest BCUT2D eigenvalue weighted by atomic mass is 10.1. The van der Waals surface area contributed by atoms with E-state index in [0.717, 1.165) is 11.8 Å². The maximum absolute atomic E-state index is 4.27. The predicted octanol–water partition coefficient (Wildman–Crippen LogP) is 2.10. The zero-order chi connectivity index (χ0) is 11.5. The Hall–Kier alpha value is -0.480. The van der Waals surface area contributed by atoms with Gasteiger partial charge >= 0.3 is 0 Å². The first-order valence-electron chi connectivity index (χ1n) is 6.01. The fraction of sp³-hybridized carbons (Fsp3) is 0.750. The van der Waals surface area contributed by atoms with Crippen LogP contribution in [-0.2, 0) is 13.6 Å². The second-order valence-corrected chi connectivity index (χ2v) is 6.07. The summed E-state index contributed by atoms with van der Waals surface area (Å²) in [5, 5.41) is 8.68. The molecule has 1 aliphatic rings. The quantitative estimate of drug-likeness (QED) is 0.876. The Morgan fingerprint density at radius 1 is 1.62 bits per heavy atom. The molecule has 2 atom stereocenters. The lowest BCUT2D eigenvalue weighted by Crippen LogP contribution is -2.38. The number of hydrogen-bond donors (Lipinski definition) is 1. The van der Waals surface area contributed by atoms with Gasteiger partial charge < -0.3 is 5.32 Å². The van der Waals surface area contributed by atoms with Gasteiger partial charge in [0.25, 0.3) is 0 Å². The van der Waals surface area contributed by atoms with Gasteiger partial charge in [-0.15, -0.1) is 0 Å². The average Bonchev–Trinajstić information content (AvgIpc) is 2.59. The number of aryl methyl sites for hydroxylation is 1. The smallest absolute Gasteiger partial charge is 0.0537 e. The Balaban J connectivity index is 1.89. The second kappa shape index (κ2) is 5.23. The maximum atomic E-state index is 4.27. The Morgan fingerprint density at radius 2 is 2.44 bits per heavy atom. The number of nitrogens with one attached hydrogen (secondary N) is 1. The minimum atomic E-state index is 0.665. The zero-order valence-electron chi connectivity index (χ0n) is 10.4. The van der Waals surface area contributed by atoms with Crippen molar-refractivity contribution in [1.82, 2.24) is 15.1 Å². The van der Waals surface area contributed by atoms with Crippen molar-refractivity contribution in [2.75, 3.05) is 5.75 Å². The van der Waals surface area contributed by atoms with Crippen LogP contribution >= 0.6 is 11.8 Å². The molecule has 3 nitrogen and oxygen atoms in total. The largest absolute Gasteiger partial charge is 0.309 e. The van der Waals surface area contributed by atoms with Crippen molar-refractivity contribution >= 4 is 11.8 Å². The van der Waals surface area contributed by atoms with Gasteiger partial charge in [0.1, 0.15) is 0 Å². The van der Waals surface area contributed by atoms with Crippen LogP contribution in [0.5, 0.6) is 0 Å². The van der Waals surface area contributed by atoms with Crippen LogP contribution < -0.4 is 5.32 Å². The lowest BCUT2D eigenvalue weighted by molar-refractivity contribution is 0.461. The maximum Gasteiger partial charge on any atom is 0.0537 e. The summed E-state index contributed by atoms with van der Waals surface area (Å²) >= 11 is 2.09. The van der Waals surface area contributed by atoms with Crippen molar-refractivity contribution in [3.8, 4) is 0 Å². The van der Waals surface area contributed by atoms with Gasteiger partial charge in [-0.25, -0.2) is 0 Å². The van der Waals surface area contributed by atoms with Crippen molar-refractivity contribution in [2.45, 2.75) is 44.5 Å². The van der Waals surface area contributed by atoms with E-state index in [9.17, 15) is 0 Å². The van der Waals surface area contributed by atoms with Crippen LogP contribution in [-0.4, -0.2) is 26.8 Å². The molecule has 2 rings (SSSR count). The van der Waals surface area contributed by atoms with Crippen LogP contribution in [0.4, 0.5) is 0 Å². The molecule has 1 fully saturated rings. The van der Waals surface area contributed by atoms with Crippen LogP contribution in [0.15, 0.2) is 6.20 Å². The fourth-order valence-corrected chi connectivity index (χ4v) is 3.32. The molecular weight excluding hydrogens is 218 g/mol. The summed E-state index contributed by atoms with van der Waals surface area (Å²) in [4.78, 5) is 0. The van der Waals surface area contributed by atoms with Crippen molar-refractivity contribution < 1.29 is 0 Å². The van der Waals surface area contributed by atoms with E-state index in [1.165, 1.54) is 29.9 Å². The highest BCUT2D eigenvalue weighted by Gasteiger charge is 2.21. The van der Waals surface area contributed by atoms with Gasteiger partial charge in [-0.05, 0) is 25.5 Å². The molecule has 1 aromatic rings. The summed E-state index contributed by atoms with van der Waals surface area (Å²) in [5.41, 5.74) is 2.59. The Bertz CT molecular complexity index is 348. The van der Waals surface area contributed by atoms with Crippen LogP contribution in [0.2, 0.25) is 0 Å². The van der Waals surface area contributed by atoms with Crippen LogP contribution in [0.1, 0.15) is 31.0 Å². The SMILES string of the molecule is Cc1c(CNC2CCCSC2C)cnn1C. The molecule has 2 heterocycles. The summed E-state index contributed by atoms with van der Waals surface area (Å²) in [7, 11) is 2.00. The van der Waals surface area contributed by atoms with Crippen molar-refractivity contribution in [3.05, 3.63) is 17.5 Å². The van der Waals surface area contributed by atoms with Gasteiger partial charge in [-0.1, -0.05) is 6.92 Å². The molecule has 4 heteroatoms. The van der Waals surface area contributed by atoms with E-state index in [-0.39, 0.29) is 0 Å². The Kier molecular flexibility index (Phi) is 3.92. The molecule has 90 valence electrons. The van der Waals surface area contributed by atoms with Crippen molar-refractivity contribution in [1.29, 1.82) is 0 Å². The first-order chi connectivity index (χ1) is 7.68. The molecule has 0 saturated carbocycles. The number of aromatic nitrogens is 2. The van der Waals surface area contributed by atoms with Crippen molar-refractivity contribution in [3.63, 3.8) is 0 Å². The molecule has 2 unspecified atom stereocenters. The normalized spacial score (nSPS) is 25.9. The Labute approximate surface area is 102 Å². The molecule has 0 aromatic carbocycles. The van der Waals surface area contributed by atoms with Crippen molar-refractivity contribution in [2.24, 2.45) is 7.05 Å². The number of rotatable bonds is 3. The lowest BCUT2D eigenvalue weighted by Gasteiger charge is -2.29. The summed E-state index contributed by atoms with van der Waals surface area (Å²) in [6.45, 7) is 5.41. The van der Waals surface area contributed by atoms with Crippen LogP contribution in [0, 0.1) is 6.92 Å². The third-order valence-corrected chi connectivity index (χ3v) is 4.88. The molecule has 1 aromatic heterocycles. The number of nitrogens with zero attached hydrogens (tertiary/aromatic N) is 2. The molecule has 1 saturated heterocycles. The van der Waals surface area contributed by atoms with E-state index in [1.54, 1.807) is 0 Å². The monoisotopic (exact) mass is 239 g/mol. The van der Waals surface area contributed by atoms with Crippen LogP contribution in [0.25, 0.3) is 0 Å². The topological polar surface area (TPSA) is 29.9 Å². The molecule has 16 heavy (non-hydrogen) atoms. The van der Waals surface area contributed by atoms with Gasteiger partial charge in [-0.3, -0.25) is 4.68 Å². The van der Waals surface area contributed by atoms with Gasteiger partial charge in [0.2, 0.25) is 0 Å². The van der Waals surface area contributed by atoms with E-state index >= 15 is 0 Å². The van der Waals surface area contributed by atoms with Gasteiger partial charge in [0.15, 0.2) is 0 Å². The zero-order valence-corrected chi connectivity index (χ0v) is 11.2. The summed E-state index contributed by atoms with van der Waals surface area (Å²) < 4.78 is 1.94. The van der Waals surface area contributed by atoms with E-state index in [1.807, 2.05) is 17.9 Å². The molecule has 0 radical (unpaired) electrons. The van der Waals surface area contributed by atoms with E-state index < -0.39 is 0 Å². The molecule has 1 aliphatic heterocycles. The summed E-state index contributed by atoms with van der Waals surface area (Å²) in [6, 6.07) is 0.665. The summed E-state index contributed by atoms with van der Waals surface area (Å²) in [6.07, 6.45) is 4.63. The average molecular weight is 239 g/mol. The van der Waals surface area contributed by atoms with Gasteiger partial charge in [0, 0.05) is 36.1 Å². The number of hydrogen-bond acceptors (Lipinski definition) is 3. The highest BCUT2D eigenvalue weighted by Crippen LogP contribution is 2.25. The summed E-state index contributed by atoms with van der Waals surface area (Å²) in [5.74, 6) is 1.32. The molecule has 0 spiro atoms. The van der Waals surface area contributed by atoms with E-state index in [0.29, 0.717) is 6.04 Å². The third-order valence-electron chi connectivity index (χ3n) is 3.50. The number of thioether (sulfide) groups is 1. The molecule has 1 N–H and O–H groups in total. The third kappa shape index (κ3) is 2.61. The van der Waals surface area contributed by atoms with Gasteiger partial charge in [-0.2, -0.15) is 16.9 Å². The van der Waals surface area contributed by atoms with E-state index in [2.05, 4.69) is 36.0 Å². The second-order valence-electron chi connectivity index (χ2n) is 4.58. The molecule has 0 amide bonds. The van der Waals surface area contributed by atoms with Crippen LogP contribution in [0.3, 0.4) is 0 Å². The molecule has 0 aliphatic carbocycles. The minimum Gasteiger partial charge on any atom is -0.309 e. The first kappa shape index (κ1) is 12.0. The highest BCUT2D eigenvalue weighted by molar-refractivity contribution is 7.99. The highest BCUT2D eigenvalue weighted by atomic mass is 32.2. The molecular formula is C12H21N3S. The molecule has 0 bridgehead atoms. The van der Waals surface area contributed by atoms with E-state index in [4.69, 9.17) is 0 Å². The predicted molar refractivity (Wildman–Crippen MR) is 69.7 cm³/mol. The first-order valence-corrected chi connectivity index (χ1v) is 7.06. The van der Waals surface area contributed by atoms with Gasteiger partial charge in [0.05, 0.1) is 6.20 Å². The fourth-order valence-electron chi connectivity index (χ4n) is 2.15. The minimum absolute atomic E-state index is 0.665.